The lowest BCUT2D eigenvalue weighted by Gasteiger charge is -2.21. The Morgan fingerprint density at radius 2 is 1.93 bits per heavy atom. The Kier molecular flexibility index (Phi) is 6.30. The van der Waals surface area contributed by atoms with Crippen LogP contribution in [-0.4, -0.2) is 17.3 Å². The molecule has 1 unspecified atom stereocenters. The summed E-state index contributed by atoms with van der Waals surface area (Å²) in [4.78, 5) is 0. The maximum absolute atomic E-state index is 9.34. The van der Waals surface area contributed by atoms with Crippen molar-refractivity contribution in [2.75, 3.05) is 0 Å². The first-order chi connectivity index (χ1) is 6.51. The number of hydrogen-bond acceptors (Lipinski definition) is 2. The van der Waals surface area contributed by atoms with Crippen molar-refractivity contribution >= 4 is 0 Å². The van der Waals surface area contributed by atoms with E-state index in [-0.39, 0.29) is 18.0 Å². The van der Waals surface area contributed by atoms with Gasteiger partial charge in [-0.1, -0.05) is 32.6 Å². The maximum Gasteiger partial charge on any atom is 0.118 e. The molecule has 0 bridgehead atoms. The predicted molar refractivity (Wildman–Crippen MR) is 60.4 cm³/mol. The van der Waals surface area contributed by atoms with Crippen molar-refractivity contribution in [1.82, 2.24) is 0 Å². The van der Waals surface area contributed by atoms with Crippen molar-refractivity contribution in [3.63, 3.8) is 0 Å². The molecule has 0 saturated carbocycles. The second kappa shape index (κ2) is 6.66. The monoisotopic (exact) mass is 198 g/mol. The summed E-state index contributed by atoms with van der Waals surface area (Å²) in [5.41, 5.74) is 1.08. The van der Waals surface area contributed by atoms with Crippen LogP contribution in [-0.2, 0) is 4.74 Å². The van der Waals surface area contributed by atoms with Crippen LogP contribution in [0, 0.1) is 0 Å². The third-order valence-electron chi connectivity index (χ3n) is 2.32. The van der Waals surface area contributed by atoms with Gasteiger partial charge in [0.2, 0.25) is 0 Å². The van der Waals surface area contributed by atoms with E-state index < -0.39 is 0 Å². The highest BCUT2D eigenvalue weighted by Crippen LogP contribution is 2.17. The second-order valence-electron chi connectivity index (χ2n) is 3.64. The lowest BCUT2D eigenvalue weighted by molar-refractivity contribution is -0.00327. The van der Waals surface area contributed by atoms with E-state index in [1.807, 2.05) is 13.8 Å². The van der Waals surface area contributed by atoms with Crippen molar-refractivity contribution < 1.29 is 9.84 Å². The Balaban J connectivity index is 4.16. The van der Waals surface area contributed by atoms with E-state index in [9.17, 15) is 5.11 Å². The van der Waals surface area contributed by atoms with Gasteiger partial charge in [0.1, 0.15) is 11.9 Å². The van der Waals surface area contributed by atoms with Gasteiger partial charge in [-0.25, -0.2) is 0 Å². The number of aliphatic hydroxyl groups is 1. The van der Waals surface area contributed by atoms with Crippen molar-refractivity contribution in [1.29, 1.82) is 0 Å². The number of ether oxygens (including phenoxy) is 1. The number of aliphatic hydroxyl groups excluding tert-OH is 1. The van der Waals surface area contributed by atoms with Gasteiger partial charge in [0, 0.05) is 6.42 Å². The van der Waals surface area contributed by atoms with Gasteiger partial charge in [0.05, 0.1) is 6.10 Å². The van der Waals surface area contributed by atoms with Crippen molar-refractivity contribution in [3.8, 4) is 0 Å². The Morgan fingerprint density at radius 3 is 2.29 bits per heavy atom. The topological polar surface area (TPSA) is 29.5 Å². The van der Waals surface area contributed by atoms with E-state index in [2.05, 4.69) is 20.1 Å². The number of hydrogen-bond donors (Lipinski definition) is 1. The molecule has 0 aliphatic rings. The Bertz CT molecular complexity index is 196. The third kappa shape index (κ3) is 5.07. The Hall–Kier alpha value is -0.760. The molecule has 0 aromatic carbocycles. The van der Waals surface area contributed by atoms with Gasteiger partial charge in [-0.15, -0.1) is 0 Å². The maximum atomic E-state index is 9.34. The van der Waals surface area contributed by atoms with Gasteiger partial charge < -0.3 is 9.84 Å². The predicted octanol–water partition coefficient (Wildman–Crippen LogP) is 3.60. The van der Waals surface area contributed by atoms with Crippen molar-refractivity contribution in [2.45, 2.75) is 52.2 Å². The zero-order valence-electron chi connectivity index (χ0n) is 9.55. The molecule has 0 aromatic heterocycles. The highest BCUT2D eigenvalue weighted by molar-refractivity contribution is 5.03. The highest BCUT2D eigenvalue weighted by Gasteiger charge is 2.15. The zero-order valence-corrected chi connectivity index (χ0v) is 9.55. The smallest absolute Gasteiger partial charge is 0.118 e. The molecule has 2 nitrogen and oxygen atoms in total. The summed E-state index contributed by atoms with van der Waals surface area (Å²) in [5, 5.41) is 9.34. The molecule has 1 N–H and O–H groups in total. The molecule has 0 saturated heterocycles. The quantitative estimate of drug-likeness (QED) is 0.500. The van der Waals surface area contributed by atoms with E-state index in [4.69, 9.17) is 4.74 Å². The van der Waals surface area contributed by atoms with Gasteiger partial charge in [0.15, 0.2) is 0 Å². The van der Waals surface area contributed by atoms with Crippen LogP contribution in [0.2, 0.25) is 0 Å². The van der Waals surface area contributed by atoms with Crippen LogP contribution >= 0.6 is 0 Å². The Labute approximate surface area is 87.3 Å². The summed E-state index contributed by atoms with van der Waals surface area (Å²) >= 11 is 0. The highest BCUT2D eigenvalue weighted by atomic mass is 16.5. The first kappa shape index (κ1) is 13.2. The molecule has 0 spiro atoms. The molecule has 0 aliphatic carbocycles. The molecular formula is C12H22O2. The minimum Gasteiger partial charge on any atom is -0.510 e. The lowest BCUT2D eigenvalue weighted by Crippen LogP contribution is -2.21. The normalized spacial score (nSPS) is 14.8. The van der Waals surface area contributed by atoms with E-state index in [1.54, 1.807) is 0 Å². The fourth-order valence-electron chi connectivity index (χ4n) is 1.03. The number of rotatable bonds is 7. The van der Waals surface area contributed by atoms with Gasteiger partial charge in [-0.05, 0) is 19.8 Å². The molecule has 0 aromatic rings. The van der Waals surface area contributed by atoms with Crippen LogP contribution in [0.25, 0.3) is 0 Å². The second-order valence-corrected chi connectivity index (χ2v) is 3.64. The first-order valence-corrected chi connectivity index (χ1v) is 5.21. The van der Waals surface area contributed by atoms with Gasteiger partial charge in [0.25, 0.3) is 0 Å². The molecule has 14 heavy (non-hydrogen) atoms. The minimum absolute atomic E-state index is 0.0971. The molecule has 2 heteroatoms. The molecule has 0 fully saturated rings. The molecule has 0 radical (unpaired) electrons. The fourth-order valence-corrected chi connectivity index (χ4v) is 1.03. The third-order valence-corrected chi connectivity index (χ3v) is 2.32. The molecular weight excluding hydrogens is 176 g/mol. The average molecular weight is 198 g/mol. The lowest BCUT2D eigenvalue weighted by atomic mass is 10.1. The van der Waals surface area contributed by atoms with Crippen LogP contribution in [0.3, 0.4) is 0 Å². The molecule has 0 heterocycles. The van der Waals surface area contributed by atoms with Crippen LogP contribution < -0.4 is 0 Å². The van der Waals surface area contributed by atoms with Crippen LogP contribution in [0.15, 0.2) is 24.5 Å². The van der Waals surface area contributed by atoms with E-state index in [0.717, 1.165) is 18.4 Å². The van der Waals surface area contributed by atoms with Crippen molar-refractivity contribution in [3.05, 3.63) is 24.5 Å². The van der Waals surface area contributed by atoms with Crippen LogP contribution in [0.5, 0.6) is 0 Å². The molecule has 0 rings (SSSR count). The minimum atomic E-state index is -0.294. The summed E-state index contributed by atoms with van der Waals surface area (Å²) in [6.07, 6.45) is 2.36. The molecule has 0 aliphatic heterocycles. The van der Waals surface area contributed by atoms with E-state index >= 15 is 0 Å². The summed E-state index contributed by atoms with van der Waals surface area (Å²) < 4.78 is 5.62. The van der Waals surface area contributed by atoms with Crippen LogP contribution in [0.4, 0.5) is 0 Å². The standard InChI is InChI=1S/C12H22O2/c1-6-9(3)8-12(11(5)13)14-10(4)7-2/h10,12-13H,3,5-8H2,1-2,4H3/t10?,12-/m0/s1. The van der Waals surface area contributed by atoms with E-state index in [0.29, 0.717) is 6.42 Å². The van der Waals surface area contributed by atoms with Gasteiger partial charge in [-0.3, -0.25) is 0 Å². The van der Waals surface area contributed by atoms with E-state index in [1.165, 1.54) is 0 Å². The van der Waals surface area contributed by atoms with Gasteiger partial charge in [-0.2, -0.15) is 0 Å². The summed E-state index contributed by atoms with van der Waals surface area (Å²) in [5.74, 6) is 0.0971. The summed E-state index contributed by atoms with van der Waals surface area (Å²) in [6.45, 7) is 13.5. The van der Waals surface area contributed by atoms with Crippen molar-refractivity contribution in [2.24, 2.45) is 0 Å². The fraction of sp³-hybridized carbons (Fsp3) is 0.667. The summed E-state index contributed by atoms with van der Waals surface area (Å²) in [7, 11) is 0. The summed E-state index contributed by atoms with van der Waals surface area (Å²) in [6, 6.07) is 0. The van der Waals surface area contributed by atoms with Gasteiger partial charge >= 0.3 is 0 Å². The largest absolute Gasteiger partial charge is 0.510 e. The SMILES string of the molecule is C=C(CC)C[C@H](OC(C)CC)C(=C)O. The van der Waals surface area contributed by atoms with Crippen LogP contribution in [0.1, 0.15) is 40.0 Å². The Morgan fingerprint density at radius 1 is 1.36 bits per heavy atom. The zero-order chi connectivity index (χ0) is 11.1. The first-order valence-electron chi connectivity index (χ1n) is 5.21. The average Bonchev–Trinajstić information content (AvgIpc) is 2.16. The molecule has 2 atom stereocenters. The molecule has 0 amide bonds. The molecule has 82 valence electrons.